The standard InChI is InChI=1S/C65H80N6O15/c1-10-11-19-49-60(77)67-48-35-46-45-34-43-26-24-41(45)25-27-47(46)65(4,5)85-37-51(69(7)61(48)78)59(76)66-36-55(72)68(6)30-14-13-21-57(74)84-39-64(2,3)58(75)62(79)70-31-15-12-20-50(70)63(80)86-52(28-22-40-23-29-53(81-8)54(32-40)82-9)42-17-16-18-44(33-42)83-38-56(73)71(43)49/h13,16-18,21,23-27,29,32-34,48-52H,10-12,14-15,19-20,22,28,30-31,35-39H2,1-9H3,(H,66,76)(H,67,77)/b21-13-/t48?,49?,50?,51?,52-/m1/s1. The van der Waals surface area contributed by atoms with Crippen molar-refractivity contribution in [2.45, 2.75) is 135 Å². The molecular weight excluding hydrogens is 1100 g/mol. The van der Waals surface area contributed by atoms with Crippen molar-refractivity contribution in [3.63, 3.8) is 0 Å². The maximum Gasteiger partial charge on any atom is 0.330 e. The van der Waals surface area contributed by atoms with Crippen LogP contribution < -0.4 is 29.7 Å². The molecule has 21 heteroatoms. The molecule has 4 heterocycles. The molecule has 8 bridgehead atoms. The molecule has 4 aromatic rings. The Morgan fingerprint density at radius 1 is 0.779 bits per heavy atom. The van der Waals surface area contributed by atoms with Crippen LogP contribution in [0.4, 0.5) is 5.69 Å². The van der Waals surface area contributed by atoms with Crippen LogP contribution in [-0.4, -0.2) is 160 Å². The molecule has 6 amide bonds. The summed E-state index contributed by atoms with van der Waals surface area (Å²) in [5.41, 5.74) is 0.577. The molecular formula is C65H80N6O15. The molecule has 4 unspecified atom stereocenters. The third kappa shape index (κ3) is 14.7. The van der Waals surface area contributed by atoms with Crippen molar-refractivity contribution in [2.75, 3.05) is 72.7 Å². The second-order valence-corrected chi connectivity index (χ2v) is 23.5. The Bertz CT molecular complexity index is 3270. The zero-order valence-corrected chi connectivity index (χ0v) is 50.7. The van der Waals surface area contributed by atoms with Gasteiger partial charge in [-0.1, -0.05) is 62.2 Å². The molecule has 8 rings (SSSR count). The van der Waals surface area contributed by atoms with E-state index in [1.165, 1.54) is 67.8 Å². The van der Waals surface area contributed by atoms with Crippen molar-refractivity contribution in [1.29, 1.82) is 0 Å². The van der Waals surface area contributed by atoms with Gasteiger partial charge in [0.25, 0.3) is 11.8 Å². The first-order chi connectivity index (χ1) is 41.0. The first kappa shape index (κ1) is 63.7. The highest BCUT2D eigenvalue weighted by Gasteiger charge is 2.44. The van der Waals surface area contributed by atoms with Gasteiger partial charge >= 0.3 is 11.9 Å². The number of ketones is 1. The predicted molar refractivity (Wildman–Crippen MR) is 318 cm³/mol. The lowest BCUT2D eigenvalue weighted by molar-refractivity contribution is -0.165. The number of piperidine rings is 1. The van der Waals surface area contributed by atoms with Gasteiger partial charge in [-0.3, -0.25) is 38.5 Å². The van der Waals surface area contributed by atoms with Gasteiger partial charge in [0.15, 0.2) is 18.1 Å². The van der Waals surface area contributed by atoms with Gasteiger partial charge in [0.2, 0.25) is 29.4 Å². The largest absolute Gasteiger partial charge is 0.493 e. The average Bonchev–Trinajstić information content (AvgIpc) is 1.24. The number of cyclic esters (lactones) is 2. The van der Waals surface area contributed by atoms with Crippen molar-refractivity contribution >= 4 is 69.6 Å². The number of unbranched alkanes of at least 4 members (excludes halogenated alkanes) is 1. The fraction of sp³-hybridized carbons (Fsp3) is 0.492. The third-order valence-corrected chi connectivity index (χ3v) is 16.6. The van der Waals surface area contributed by atoms with Crippen molar-refractivity contribution < 1.29 is 71.6 Å². The summed E-state index contributed by atoms with van der Waals surface area (Å²) in [5.74, 6) is -4.98. The summed E-state index contributed by atoms with van der Waals surface area (Å²) in [6, 6.07) is 16.8. The number of fused-ring (bicyclic) bond motifs is 10. The summed E-state index contributed by atoms with van der Waals surface area (Å²) in [6.45, 7) is 7.13. The second kappa shape index (κ2) is 27.8. The molecule has 4 aliphatic heterocycles. The fourth-order valence-electron chi connectivity index (χ4n) is 11.4. The van der Waals surface area contributed by atoms with E-state index < -0.39 is 114 Å². The molecule has 460 valence electrons. The summed E-state index contributed by atoms with van der Waals surface area (Å²) < 4.78 is 35.8. The number of hydrogen-bond donors (Lipinski definition) is 2. The Morgan fingerprint density at radius 2 is 1.55 bits per heavy atom. The number of hydrogen-bond acceptors (Lipinski definition) is 15. The van der Waals surface area contributed by atoms with E-state index in [-0.39, 0.29) is 57.6 Å². The molecule has 0 radical (unpaired) electrons. The van der Waals surface area contributed by atoms with E-state index in [1.54, 1.807) is 36.4 Å². The Morgan fingerprint density at radius 3 is 2.30 bits per heavy atom. The van der Waals surface area contributed by atoms with Crippen molar-refractivity contribution in [2.24, 2.45) is 5.41 Å². The Hall–Kier alpha value is -8.33. The van der Waals surface area contributed by atoms with Crippen LogP contribution in [0.1, 0.15) is 114 Å². The highest BCUT2D eigenvalue weighted by molar-refractivity contribution is 6.38. The predicted octanol–water partition coefficient (Wildman–Crippen LogP) is 6.23. The summed E-state index contributed by atoms with van der Waals surface area (Å²) in [6.07, 6.45) is 5.24. The molecule has 0 aromatic heterocycles. The van der Waals surface area contributed by atoms with Gasteiger partial charge in [0.1, 0.15) is 42.6 Å². The lowest BCUT2D eigenvalue weighted by atomic mass is 9.85. The normalized spacial score (nSPS) is 23.6. The van der Waals surface area contributed by atoms with E-state index >= 15 is 9.59 Å². The lowest BCUT2D eigenvalue weighted by Gasteiger charge is -2.39. The number of esters is 2. The molecule has 4 aromatic carbocycles. The van der Waals surface area contributed by atoms with Crippen molar-refractivity contribution in [3.05, 3.63) is 107 Å². The molecule has 1 fully saturated rings. The number of Topliss-reactive ketones (excluding diaryl/α,β-unsaturated/α-hetero) is 1. The highest BCUT2D eigenvalue weighted by Crippen LogP contribution is 2.39. The number of benzene rings is 4. The number of nitrogens with zero attached hydrogens (tertiary/aromatic N) is 4. The number of aryl methyl sites for hydroxylation is 1. The van der Waals surface area contributed by atoms with E-state index in [2.05, 4.69) is 10.6 Å². The number of nitrogens with one attached hydrogen (secondary N) is 2. The summed E-state index contributed by atoms with van der Waals surface area (Å²) >= 11 is 0. The highest BCUT2D eigenvalue weighted by atomic mass is 16.5. The lowest BCUT2D eigenvalue weighted by Crippen LogP contribution is -2.60. The zero-order chi connectivity index (χ0) is 62.0. The zero-order valence-electron chi connectivity index (χ0n) is 50.7. The van der Waals surface area contributed by atoms with Gasteiger partial charge in [0, 0.05) is 45.4 Å². The minimum Gasteiger partial charge on any atom is -0.493 e. The number of amides is 6. The second-order valence-electron chi connectivity index (χ2n) is 23.5. The summed E-state index contributed by atoms with van der Waals surface area (Å²) in [4.78, 5) is 134. The van der Waals surface area contributed by atoms with Gasteiger partial charge in [0.05, 0.1) is 38.4 Å². The van der Waals surface area contributed by atoms with Gasteiger partial charge in [-0.25, -0.2) is 9.59 Å². The number of methoxy groups -OCH3 is 2. The van der Waals surface area contributed by atoms with E-state index in [0.29, 0.717) is 66.0 Å². The summed E-state index contributed by atoms with van der Waals surface area (Å²) in [5, 5.41) is 7.22. The first-order valence-corrected chi connectivity index (χ1v) is 29.5. The van der Waals surface area contributed by atoms with Crippen LogP contribution >= 0.6 is 0 Å². The van der Waals surface area contributed by atoms with E-state index in [4.69, 9.17) is 28.4 Å². The van der Waals surface area contributed by atoms with Crippen molar-refractivity contribution in [1.82, 2.24) is 25.3 Å². The molecule has 0 spiro atoms. The molecule has 1 saturated heterocycles. The topological polar surface area (TPSA) is 246 Å². The SMILES string of the molecule is CCCCC1C(=O)NC2Cc3c4ccc5ccc(cc35)N1C(=O)COc1cccc(c1)[C@@H](CCc1ccc(OC)c(OC)c1)OC(=O)C1CCCCN1C(=O)C(=O)C(C)(C)COC(=O)/C=C\CCN(C)C(=O)CNC(=O)C(COC4(C)C)N(C)C2=O. The molecule has 5 atom stereocenters. The molecule has 21 nitrogen and oxygen atoms in total. The number of likely N-dealkylation sites (N-methyl/N-ethyl adjacent to an activating group) is 2. The number of carbonyl (C=O) groups excluding carboxylic acids is 9. The first-order valence-electron chi connectivity index (χ1n) is 29.5. The van der Waals surface area contributed by atoms with Crippen molar-refractivity contribution in [3.8, 4) is 17.2 Å². The quantitative estimate of drug-likeness (QED) is 0.147. The smallest absolute Gasteiger partial charge is 0.330 e. The Balaban J connectivity index is 1.18. The van der Waals surface area contributed by atoms with Crippen LogP contribution in [-0.2, 0) is 75.8 Å². The number of ether oxygens (including phenoxy) is 6. The summed E-state index contributed by atoms with van der Waals surface area (Å²) in [7, 11) is 6.04. The number of rotatable bonds is 8. The maximum atomic E-state index is 15.1. The third-order valence-electron chi connectivity index (χ3n) is 16.6. The number of anilines is 1. The van der Waals surface area contributed by atoms with Crippen LogP contribution in [0.5, 0.6) is 17.2 Å². The average molecular weight is 1190 g/mol. The van der Waals surface area contributed by atoms with E-state index in [9.17, 15) is 33.6 Å². The van der Waals surface area contributed by atoms with Gasteiger partial charge < -0.3 is 53.8 Å². The van der Waals surface area contributed by atoms with Crippen LogP contribution in [0.25, 0.3) is 10.8 Å². The monoisotopic (exact) mass is 1180 g/mol. The van der Waals surface area contributed by atoms with E-state index in [1.807, 2.05) is 57.2 Å². The van der Waals surface area contributed by atoms with Gasteiger partial charge in [-0.15, -0.1) is 0 Å². The molecule has 86 heavy (non-hydrogen) atoms. The van der Waals surface area contributed by atoms with Gasteiger partial charge in [-0.05, 0) is 142 Å². The van der Waals surface area contributed by atoms with Crippen LogP contribution in [0.3, 0.4) is 0 Å². The van der Waals surface area contributed by atoms with Crippen LogP contribution in [0.2, 0.25) is 0 Å². The molecule has 0 aliphatic carbocycles. The van der Waals surface area contributed by atoms with Crippen LogP contribution in [0.15, 0.2) is 84.9 Å². The maximum absolute atomic E-state index is 15.1. The van der Waals surface area contributed by atoms with E-state index in [0.717, 1.165) is 22.4 Å². The fourth-order valence-corrected chi connectivity index (χ4v) is 11.4. The molecule has 4 aliphatic rings. The Labute approximate surface area is 501 Å². The molecule has 2 N–H and O–H groups in total. The van der Waals surface area contributed by atoms with Gasteiger partial charge in [-0.2, -0.15) is 0 Å². The minimum atomic E-state index is -1.50. The minimum absolute atomic E-state index is 0.00874. The Kier molecular flexibility index (Phi) is 20.6. The molecule has 0 saturated carbocycles. The number of carbonyl (C=O) groups is 9. The van der Waals surface area contributed by atoms with Crippen LogP contribution in [0, 0.1) is 5.41 Å².